The highest BCUT2D eigenvalue weighted by Gasteiger charge is 2.69. The number of alkyl halides is 3. The summed E-state index contributed by atoms with van der Waals surface area (Å²) in [6.07, 6.45) is -2.00. The van der Waals surface area contributed by atoms with Gasteiger partial charge in [0.15, 0.2) is 5.78 Å². The molecule has 2 saturated heterocycles. The first-order valence-electron chi connectivity index (χ1n) is 7.69. The molecule has 1 spiro atoms. The smallest absolute Gasteiger partial charge is 0.366 e. The number of carbonyl (C=O) groups is 1. The minimum Gasteiger partial charge on any atom is -0.366 e. The Labute approximate surface area is 127 Å². The number of carbonyl (C=O) groups excluding carboxylic acids is 1. The molecule has 2 heterocycles. The van der Waals surface area contributed by atoms with Gasteiger partial charge in [0.2, 0.25) is 0 Å². The Morgan fingerprint density at radius 1 is 1.45 bits per heavy atom. The Balaban J connectivity index is 1.65. The van der Waals surface area contributed by atoms with Crippen LogP contribution in [0.4, 0.5) is 13.2 Å². The van der Waals surface area contributed by atoms with E-state index < -0.39 is 23.3 Å². The van der Waals surface area contributed by atoms with Gasteiger partial charge in [-0.25, -0.2) is 0 Å². The maximum absolute atomic E-state index is 12.6. The third kappa shape index (κ3) is 2.50. The summed E-state index contributed by atoms with van der Waals surface area (Å²) >= 11 is 0. The third-order valence-electron chi connectivity index (χ3n) is 5.56. The van der Waals surface area contributed by atoms with Gasteiger partial charge < -0.3 is 9.47 Å². The summed E-state index contributed by atoms with van der Waals surface area (Å²) in [6.45, 7) is 5.54. The molecule has 0 saturated carbocycles. The summed E-state index contributed by atoms with van der Waals surface area (Å²) in [6, 6.07) is 0. The predicted octanol–water partition coefficient (Wildman–Crippen LogP) is 3.43. The van der Waals surface area contributed by atoms with Gasteiger partial charge in [-0.05, 0) is 38.3 Å². The lowest BCUT2D eigenvalue weighted by Crippen LogP contribution is -2.42. The van der Waals surface area contributed by atoms with Crippen molar-refractivity contribution in [2.24, 2.45) is 11.8 Å². The molecule has 2 fully saturated rings. The fourth-order valence-electron chi connectivity index (χ4n) is 3.73. The number of hydrogen-bond acceptors (Lipinski definition) is 3. The summed E-state index contributed by atoms with van der Waals surface area (Å²) in [4.78, 5) is 11.8. The molecule has 22 heavy (non-hydrogen) atoms. The molecule has 124 valence electrons. The van der Waals surface area contributed by atoms with Crippen LogP contribution in [0.15, 0.2) is 11.6 Å². The Kier molecular flexibility index (Phi) is 3.49. The highest BCUT2D eigenvalue weighted by molar-refractivity contribution is 5.92. The van der Waals surface area contributed by atoms with Crippen molar-refractivity contribution < 1.29 is 27.4 Å². The van der Waals surface area contributed by atoms with Crippen LogP contribution in [0.25, 0.3) is 0 Å². The number of ether oxygens (including phenoxy) is 2. The van der Waals surface area contributed by atoms with Crippen LogP contribution in [0.5, 0.6) is 0 Å². The van der Waals surface area contributed by atoms with E-state index in [-0.39, 0.29) is 24.2 Å². The Hall–Kier alpha value is -0.880. The highest BCUT2D eigenvalue weighted by atomic mass is 19.4. The van der Waals surface area contributed by atoms with Gasteiger partial charge in [0.05, 0.1) is 24.2 Å². The molecule has 4 unspecified atom stereocenters. The van der Waals surface area contributed by atoms with Crippen LogP contribution in [0.3, 0.4) is 0 Å². The second kappa shape index (κ2) is 4.81. The Bertz CT molecular complexity index is 521. The quantitative estimate of drug-likeness (QED) is 0.746. The van der Waals surface area contributed by atoms with E-state index in [1.807, 2.05) is 13.8 Å². The maximum Gasteiger partial charge on any atom is 0.391 e. The van der Waals surface area contributed by atoms with Crippen LogP contribution in [0, 0.1) is 11.8 Å². The number of hydrogen-bond donors (Lipinski definition) is 0. The molecule has 0 N–H and O–H groups in total. The second-order valence-corrected chi connectivity index (χ2v) is 7.04. The minimum absolute atomic E-state index is 0.0442. The Morgan fingerprint density at radius 3 is 2.64 bits per heavy atom. The number of halogens is 3. The summed E-state index contributed by atoms with van der Waals surface area (Å²) in [5, 5.41) is 0. The van der Waals surface area contributed by atoms with Crippen molar-refractivity contribution in [1.29, 1.82) is 0 Å². The average Bonchev–Trinajstić information content (AvgIpc) is 3.28. The molecule has 0 aromatic carbocycles. The molecule has 0 radical (unpaired) electrons. The first-order valence-corrected chi connectivity index (χ1v) is 7.69. The van der Waals surface area contributed by atoms with Gasteiger partial charge in [0.1, 0.15) is 5.60 Å². The van der Waals surface area contributed by atoms with Crippen LogP contribution in [0.2, 0.25) is 0 Å². The van der Waals surface area contributed by atoms with Crippen LogP contribution >= 0.6 is 0 Å². The van der Waals surface area contributed by atoms with Crippen molar-refractivity contribution in [3.05, 3.63) is 11.6 Å². The van der Waals surface area contributed by atoms with E-state index in [9.17, 15) is 18.0 Å². The molecule has 2 aliphatic heterocycles. The van der Waals surface area contributed by atoms with E-state index in [0.29, 0.717) is 19.4 Å². The van der Waals surface area contributed by atoms with E-state index in [1.165, 1.54) is 6.92 Å². The molecule has 1 aliphatic carbocycles. The molecular weight excluding hydrogens is 297 g/mol. The lowest BCUT2D eigenvalue weighted by molar-refractivity contribution is -0.171. The van der Waals surface area contributed by atoms with Gasteiger partial charge in [0, 0.05) is 12.3 Å². The summed E-state index contributed by atoms with van der Waals surface area (Å²) in [5.41, 5.74) is -0.0621. The largest absolute Gasteiger partial charge is 0.391 e. The lowest BCUT2D eigenvalue weighted by Gasteiger charge is -2.31. The third-order valence-corrected chi connectivity index (χ3v) is 5.56. The number of allylic oxidation sites excluding steroid dienone is 1. The zero-order valence-corrected chi connectivity index (χ0v) is 13.0. The van der Waals surface area contributed by atoms with Crippen LogP contribution in [0.1, 0.15) is 40.0 Å². The van der Waals surface area contributed by atoms with Crippen LogP contribution < -0.4 is 0 Å². The molecule has 3 rings (SSSR count). The predicted molar refractivity (Wildman–Crippen MR) is 73.3 cm³/mol. The van der Waals surface area contributed by atoms with E-state index >= 15 is 0 Å². The molecule has 0 amide bonds. The van der Waals surface area contributed by atoms with E-state index in [0.717, 1.165) is 5.57 Å². The van der Waals surface area contributed by atoms with E-state index in [4.69, 9.17) is 9.47 Å². The SMILES string of the molecule is CC1=CC(=O)CC([C@]2(C)OC2CCC(C)C(F)(F)F)C12CO2. The fraction of sp³-hybridized carbons (Fsp3) is 0.812. The zero-order valence-electron chi connectivity index (χ0n) is 13.0. The Morgan fingerprint density at radius 2 is 2.09 bits per heavy atom. The van der Waals surface area contributed by atoms with Gasteiger partial charge in [0.25, 0.3) is 0 Å². The molecule has 0 aromatic rings. The highest BCUT2D eigenvalue weighted by Crippen LogP contribution is 2.58. The van der Waals surface area contributed by atoms with Crippen molar-refractivity contribution in [2.75, 3.05) is 6.61 Å². The zero-order chi connectivity index (χ0) is 16.3. The molecule has 0 aromatic heterocycles. The van der Waals surface area contributed by atoms with Crippen molar-refractivity contribution in [2.45, 2.75) is 63.5 Å². The molecule has 0 bridgehead atoms. The first kappa shape index (κ1) is 16.0. The summed E-state index contributed by atoms with van der Waals surface area (Å²) in [7, 11) is 0. The number of rotatable bonds is 4. The second-order valence-electron chi connectivity index (χ2n) is 7.04. The van der Waals surface area contributed by atoms with Crippen molar-refractivity contribution in [3.8, 4) is 0 Å². The molecule has 6 heteroatoms. The average molecular weight is 318 g/mol. The maximum atomic E-state index is 12.6. The minimum atomic E-state index is -4.16. The molecule has 5 atom stereocenters. The summed E-state index contributed by atoms with van der Waals surface area (Å²) in [5.74, 6) is -1.38. The lowest BCUT2D eigenvalue weighted by atomic mass is 9.70. The topological polar surface area (TPSA) is 42.1 Å². The van der Waals surface area contributed by atoms with Gasteiger partial charge in [-0.15, -0.1) is 0 Å². The van der Waals surface area contributed by atoms with E-state index in [1.54, 1.807) is 6.08 Å². The first-order chi connectivity index (χ1) is 10.1. The molecule has 3 aliphatic rings. The van der Waals surface area contributed by atoms with Crippen molar-refractivity contribution in [1.82, 2.24) is 0 Å². The van der Waals surface area contributed by atoms with Crippen LogP contribution in [-0.2, 0) is 14.3 Å². The summed E-state index contributed by atoms with van der Waals surface area (Å²) < 4.78 is 49.1. The van der Waals surface area contributed by atoms with Gasteiger partial charge in [-0.3, -0.25) is 4.79 Å². The molecular formula is C16H21F3O3. The van der Waals surface area contributed by atoms with Crippen LogP contribution in [-0.4, -0.2) is 35.9 Å². The van der Waals surface area contributed by atoms with Crippen molar-refractivity contribution in [3.63, 3.8) is 0 Å². The van der Waals surface area contributed by atoms with E-state index in [2.05, 4.69) is 0 Å². The number of ketones is 1. The van der Waals surface area contributed by atoms with Crippen molar-refractivity contribution >= 4 is 5.78 Å². The fourth-order valence-corrected chi connectivity index (χ4v) is 3.73. The van der Waals surface area contributed by atoms with Gasteiger partial charge >= 0.3 is 6.18 Å². The van der Waals surface area contributed by atoms with Gasteiger partial charge in [-0.2, -0.15) is 13.2 Å². The number of epoxide rings is 2. The van der Waals surface area contributed by atoms with Gasteiger partial charge in [-0.1, -0.05) is 6.92 Å². The normalized spacial score (nSPS) is 42.3. The monoisotopic (exact) mass is 318 g/mol. The molecule has 3 nitrogen and oxygen atoms in total. The standard InChI is InChI=1S/C16H21F3O3/c1-9(16(17,18)19)4-5-13-14(3,22-13)12-7-11(20)6-10(2)15(12)8-21-15/h6,9,12-13H,4-5,7-8H2,1-3H3/t9?,12?,13?,14-,15?/m0/s1.